The third kappa shape index (κ3) is 3.48. The molecule has 0 radical (unpaired) electrons. The number of halogens is 3. The number of hydrogen-bond acceptors (Lipinski definition) is 1. The molecular formula is C18H14Cl3N2O+. The van der Waals surface area contributed by atoms with E-state index in [4.69, 9.17) is 34.8 Å². The van der Waals surface area contributed by atoms with Gasteiger partial charge in [0, 0.05) is 23.4 Å². The minimum Gasteiger partial charge on any atom is -0.318 e. The highest BCUT2D eigenvalue weighted by Gasteiger charge is 2.24. The van der Waals surface area contributed by atoms with Crippen molar-refractivity contribution in [2.24, 2.45) is 0 Å². The van der Waals surface area contributed by atoms with Crippen molar-refractivity contribution in [3.63, 3.8) is 0 Å². The zero-order valence-corrected chi connectivity index (χ0v) is 15.0. The summed E-state index contributed by atoms with van der Waals surface area (Å²) in [7, 11) is 0. The van der Waals surface area contributed by atoms with E-state index in [0.29, 0.717) is 20.8 Å². The zero-order valence-electron chi connectivity index (χ0n) is 12.8. The van der Waals surface area contributed by atoms with E-state index in [9.17, 15) is 4.79 Å². The van der Waals surface area contributed by atoms with Crippen molar-refractivity contribution in [2.45, 2.75) is 13.0 Å². The van der Waals surface area contributed by atoms with Crippen LogP contribution in [-0.2, 0) is 4.79 Å². The van der Waals surface area contributed by atoms with Crippen molar-refractivity contribution in [1.29, 1.82) is 0 Å². The van der Waals surface area contributed by atoms with Crippen molar-refractivity contribution in [3.8, 4) is 0 Å². The van der Waals surface area contributed by atoms with Crippen molar-refractivity contribution in [3.05, 3.63) is 69.9 Å². The molecule has 0 unspecified atom stereocenters. The van der Waals surface area contributed by atoms with Gasteiger partial charge in [0.1, 0.15) is 0 Å². The smallest absolute Gasteiger partial charge is 0.293 e. The summed E-state index contributed by atoms with van der Waals surface area (Å²) < 4.78 is 1.84. The second-order valence-corrected chi connectivity index (χ2v) is 6.68. The highest BCUT2D eigenvalue weighted by Crippen LogP contribution is 2.33. The van der Waals surface area contributed by atoms with Crippen LogP contribution in [0.15, 0.2) is 54.9 Å². The molecule has 2 aromatic carbocycles. The molecule has 1 N–H and O–H groups in total. The largest absolute Gasteiger partial charge is 0.318 e. The summed E-state index contributed by atoms with van der Waals surface area (Å²) in [4.78, 5) is 12.6. The van der Waals surface area contributed by atoms with E-state index in [1.807, 2.05) is 54.2 Å². The predicted octanol–water partition coefficient (Wildman–Crippen LogP) is 5.29. The molecule has 1 amide bonds. The Kier molecular flexibility index (Phi) is 4.95. The number of hydrogen-bond donors (Lipinski definition) is 1. The van der Waals surface area contributed by atoms with E-state index >= 15 is 0 Å². The van der Waals surface area contributed by atoms with Crippen LogP contribution in [0, 0.1) is 0 Å². The van der Waals surface area contributed by atoms with Gasteiger partial charge in [-0.3, -0.25) is 4.79 Å². The van der Waals surface area contributed by atoms with Crippen molar-refractivity contribution < 1.29 is 9.36 Å². The van der Waals surface area contributed by atoms with Gasteiger partial charge in [-0.1, -0.05) is 53.0 Å². The third-order valence-corrected chi connectivity index (χ3v) is 4.61. The molecular weight excluding hydrogens is 367 g/mol. The first-order valence-corrected chi connectivity index (χ1v) is 8.44. The van der Waals surface area contributed by atoms with Gasteiger partial charge in [0.05, 0.1) is 15.7 Å². The minimum absolute atomic E-state index is 0.221. The molecule has 3 aromatic rings. The fraction of sp³-hybridized carbons (Fsp3) is 0.111. The summed E-state index contributed by atoms with van der Waals surface area (Å²) in [6, 6.07) is 12.6. The normalized spacial score (nSPS) is 12.2. The SMILES string of the molecule is C[C@@H](C(=O)Nc1c(Cl)cc(Cl)cc1Cl)[n+]1ccc2ccccc2c1. The molecule has 0 aliphatic heterocycles. The Balaban J connectivity index is 1.86. The van der Waals surface area contributed by atoms with Crippen molar-refractivity contribution in [1.82, 2.24) is 0 Å². The molecule has 3 rings (SSSR count). The molecule has 24 heavy (non-hydrogen) atoms. The molecule has 0 saturated heterocycles. The molecule has 0 bridgehead atoms. The van der Waals surface area contributed by atoms with Crippen molar-refractivity contribution in [2.75, 3.05) is 5.32 Å². The molecule has 1 atom stereocenters. The van der Waals surface area contributed by atoms with Crippen LogP contribution in [-0.4, -0.2) is 5.91 Å². The molecule has 0 aliphatic rings. The zero-order chi connectivity index (χ0) is 17.3. The second-order valence-electron chi connectivity index (χ2n) is 5.43. The number of fused-ring (bicyclic) bond motifs is 1. The van der Waals surface area contributed by atoms with E-state index in [1.54, 1.807) is 12.1 Å². The molecule has 1 heterocycles. The first-order chi connectivity index (χ1) is 11.5. The molecule has 0 spiro atoms. The highest BCUT2D eigenvalue weighted by molar-refractivity contribution is 6.42. The van der Waals surface area contributed by atoms with Gasteiger partial charge in [-0.25, -0.2) is 0 Å². The van der Waals surface area contributed by atoms with Gasteiger partial charge in [0.2, 0.25) is 6.04 Å². The van der Waals surface area contributed by atoms with Gasteiger partial charge in [-0.05, 0) is 23.6 Å². The quantitative estimate of drug-likeness (QED) is 0.616. The average Bonchev–Trinajstić information content (AvgIpc) is 2.56. The average molecular weight is 381 g/mol. The lowest BCUT2D eigenvalue weighted by Gasteiger charge is -2.12. The van der Waals surface area contributed by atoms with E-state index in [1.165, 1.54) is 0 Å². The van der Waals surface area contributed by atoms with Crippen LogP contribution >= 0.6 is 34.8 Å². The van der Waals surface area contributed by atoms with Crippen LogP contribution in [0.3, 0.4) is 0 Å². The van der Waals surface area contributed by atoms with Crippen molar-refractivity contribution >= 4 is 57.2 Å². The van der Waals surface area contributed by atoms with Gasteiger partial charge in [-0.2, -0.15) is 4.57 Å². The molecule has 3 nitrogen and oxygen atoms in total. The number of benzene rings is 2. The number of nitrogens with one attached hydrogen (secondary N) is 1. The van der Waals surface area contributed by atoms with E-state index < -0.39 is 6.04 Å². The summed E-state index contributed by atoms with van der Waals surface area (Å²) in [5.41, 5.74) is 0.362. The number of carbonyl (C=O) groups is 1. The van der Waals surface area contributed by atoms with Crippen LogP contribution in [0.5, 0.6) is 0 Å². The molecule has 122 valence electrons. The van der Waals surface area contributed by atoms with Gasteiger partial charge < -0.3 is 5.32 Å². The summed E-state index contributed by atoms with van der Waals surface area (Å²) in [5, 5.41) is 5.96. The maximum absolute atomic E-state index is 12.6. The number of rotatable bonds is 3. The lowest BCUT2D eigenvalue weighted by molar-refractivity contribution is -0.704. The Morgan fingerprint density at radius 1 is 1.04 bits per heavy atom. The number of carbonyl (C=O) groups excluding carboxylic acids is 1. The highest BCUT2D eigenvalue weighted by atomic mass is 35.5. The van der Waals surface area contributed by atoms with Gasteiger partial charge in [0.15, 0.2) is 12.4 Å². The van der Waals surface area contributed by atoms with Crippen LogP contribution in [0.25, 0.3) is 10.8 Å². The van der Waals surface area contributed by atoms with Crippen LogP contribution in [0.4, 0.5) is 5.69 Å². The predicted molar refractivity (Wildman–Crippen MR) is 99.0 cm³/mol. The maximum atomic E-state index is 12.6. The van der Waals surface area contributed by atoms with E-state index in [0.717, 1.165) is 10.8 Å². The number of pyridine rings is 1. The Morgan fingerprint density at radius 2 is 1.67 bits per heavy atom. The topological polar surface area (TPSA) is 33.0 Å². The summed E-state index contributed by atoms with van der Waals surface area (Å²) >= 11 is 18.1. The first-order valence-electron chi connectivity index (χ1n) is 7.30. The summed E-state index contributed by atoms with van der Waals surface area (Å²) in [6.45, 7) is 1.81. The van der Waals surface area contributed by atoms with Gasteiger partial charge in [-0.15, -0.1) is 0 Å². The third-order valence-electron chi connectivity index (χ3n) is 3.79. The Morgan fingerprint density at radius 3 is 2.33 bits per heavy atom. The molecule has 0 fully saturated rings. The van der Waals surface area contributed by atoms with Crippen LogP contribution in [0.2, 0.25) is 15.1 Å². The minimum atomic E-state index is -0.433. The van der Waals surface area contributed by atoms with E-state index in [-0.39, 0.29) is 5.91 Å². The summed E-state index contributed by atoms with van der Waals surface area (Å²) in [5.74, 6) is -0.221. The fourth-order valence-electron chi connectivity index (χ4n) is 2.42. The number of nitrogens with zero attached hydrogens (tertiary/aromatic N) is 1. The summed E-state index contributed by atoms with van der Waals surface area (Å²) in [6.07, 6.45) is 3.81. The van der Waals surface area contributed by atoms with Gasteiger partial charge >= 0.3 is 0 Å². The molecule has 0 aliphatic carbocycles. The second kappa shape index (κ2) is 6.98. The van der Waals surface area contributed by atoms with Crippen LogP contribution < -0.4 is 9.88 Å². The lowest BCUT2D eigenvalue weighted by atomic mass is 10.1. The molecule has 0 saturated carbocycles. The number of amides is 1. The first kappa shape index (κ1) is 17.0. The fourth-order valence-corrected chi connectivity index (χ4v) is 3.33. The monoisotopic (exact) mass is 379 g/mol. The Labute approximate surface area is 154 Å². The Hall–Kier alpha value is -1.81. The maximum Gasteiger partial charge on any atom is 0.293 e. The molecule has 1 aromatic heterocycles. The molecule has 6 heteroatoms. The number of aromatic nitrogens is 1. The lowest BCUT2D eigenvalue weighted by Crippen LogP contribution is -2.44. The number of anilines is 1. The van der Waals surface area contributed by atoms with Crippen LogP contribution in [0.1, 0.15) is 13.0 Å². The standard InChI is InChI=1S/C18H13Cl3N2O/c1-11(23-7-6-12-4-2-3-5-13(12)10-23)18(24)22-17-15(20)8-14(19)9-16(17)21/h2-11H,1H3/p+1/t11-/m0/s1. The van der Waals surface area contributed by atoms with Gasteiger partial charge in [0.25, 0.3) is 5.91 Å². The Bertz CT molecular complexity index is 904. The van der Waals surface area contributed by atoms with E-state index in [2.05, 4.69) is 5.32 Å².